The van der Waals surface area contributed by atoms with Crippen LogP contribution in [0.15, 0.2) is 12.1 Å². The van der Waals surface area contributed by atoms with Crippen LogP contribution in [0.1, 0.15) is 31.0 Å². The lowest BCUT2D eigenvalue weighted by molar-refractivity contribution is -0.152. The second-order valence-corrected chi connectivity index (χ2v) is 4.92. The quantitative estimate of drug-likeness (QED) is 0.430. The van der Waals surface area contributed by atoms with Crippen molar-refractivity contribution >= 4 is 11.7 Å². The largest absolute Gasteiger partial charge is 0.505 e. The molecule has 5 N–H and O–H groups in total. The molecular weight excluding hydrogens is 232 g/mol. The number of methoxy groups -OCH3 is 1. The molecular formula is C13H20N2O3. The molecule has 0 unspecified atom stereocenters. The normalized spacial score (nSPS) is 13.2. The van der Waals surface area contributed by atoms with Crippen molar-refractivity contribution in [2.24, 2.45) is 11.1 Å². The first kappa shape index (κ1) is 14.3. The summed E-state index contributed by atoms with van der Waals surface area (Å²) in [6, 6.07) is 2.66. The van der Waals surface area contributed by atoms with E-state index >= 15 is 0 Å². The zero-order valence-corrected chi connectivity index (χ0v) is 11.2. The van der Waals surface area contributed by atoms with Crippen molar-refractivity contribution < 1.29 is 14.6 Å². The SMILES string of the molecule is COC(=O)C(C)(C)[C@@H](N)c1c(C)ccc(N)c1O. The lowest BCUT2D eigenvalue weighted by atomic mass is 9.79. The zero-order valence-electron chi connectivity index (χ0n) is 11.2. The number of hydrogen-bond acceptors (Lipinski definition) is 5. The fraction of sp³-hybridized carbons (Fsp3) is 0.462. The van der Waals surface area contributed by atoms with E-state index in [1.54, 1.807) is 26.0 Å². The first-order valence-corrected chi connectivity index (χ1v) is 5.65. The fourth-order valence-electron chi connectivity index (χ4n) is 1.87. The van der Waals surface area contributed by atoms with Crippen molar-refractivity contribution in [1.29, 1.82) is 0 Å². The molecule has 0 aliphatic heterocycles. The molecule has 100 valence electrons. The van der Waals surface area contributed by atoms with Crippen molar-refractivity contribution in [2.75, 3.05) is 12.8 Å². The Morgan fingerprint density at radius 2 is 2.00 bits per heavy atom. The number of carbonyl (C=O) groups excluding carboxylic acids is 1. The van der Waals surface area contributed by atoms with Gasteiger partial charge in [0.1, 0.15) is 5.75 Å². The van der Waals surface area contributed by atoms with Crippen LogP contribution in [-0.4, -0.2) is 18.2 Å². The maximum atomic E-state index is 11.7. The van der Waals surface area contributed by atoms with E-state index in [1.807, 2.05) is 6.92 Å². The summed E-state index contributed by atoms with van der Waals surface area (Å²) in [4.78, 5) is 11.7. The molecule has 1 rings (SSSR count). The van der Waals surface area contributed by atoms with Crippen LogP contribution in [0, 0.1) is 12.3 Å². The number of hydrogen-bond donors (Lipinski definition) is 3. The third-order valence-corrected chi connectivity index (χ3v) is 3.27. The average molecular weight is 252 g/mol. The third kappa shape index (κ3) is 2.26. The number of esters is 1. The molecule has 0 radical (unpaired) electrons. The van der Waals surface area contributed by atoms with Crippen molar-refractivity contribution in [3.63, 3.8) is 0 Å². The third-order valence-electron chi connectivity index (χ3n) is 3.27. The van der Waals surface area contributed by atoms with Gasteiger partial charge in [-0.25, -0.2) is 0 Å². The van der Waals surface area contributed by atoms with Gasteiger partial charge in [-0.05, 0) is 32.4 Å². The van der Waals surface area contributed by atoms with Crippen LogP contribution in [0.2, 0.25) is 0 Å². The first-order chi connectivity index (χ1) is 8.23. The number of aryl methyl sites for hydroxylation is 1. The van der Waals surface area contributed by atoms with Crippen LogP contribution in [-0.2, 0) is 9.53 Å². The highest BCUT2D eigenvalue weighted by Gasteiger charge is 2.38. The smallest absolute Gasteiger partial charge is 0.313 e. The number of ether oxygens (including phenoxy) is 1. The summed E-state index contributed by atoms with van der Waals surface area (Å²) in [6.07, 6.45) is 0. The summed E-state index contributed by atoms with van der Waals surface area (Å²) < 4.78 is 4.74. The number of anilines is 1. The summed E-state index contributed by atoms with van der Waals surface area (Å²) in [5.41, 5.74) is 12.3. The van der Waals surface area contributed by atoms with Gasteiger partial charge in [-0.1, -0.05) is 6.07 Å². The molecule has 5 nitrogen and oxygen atoms in total. The molecule has 0 spiro atoms. The van der Waals surface area contributed by atoms with Crippen LogP contribution in [0.4, 0.5) is 5.69 Å². The van der Waals surface area contributed by atoms with E-state index in [4.69, 9.17) is 16.2 Å². The number of phenolic OH excluding ortho intramolecular Hbond substituents is 1. The van der Waals surface area contributed by atoms with Gasteiger partial charge in [0.25, 0.3) is 0 Å². The molecule has 0 bridgehead atoms. The van der Waals surface area contributed by atoms with Crippen LogP contribution in [0.25, 0.3) is 0 Å². The second kappa shape index (κ2) is 4.86. The maximum Gasteiger partial charge on any atom is 0.313 e. The molecule has 0 heterocycles. The summed E-state index contributed by atoms with van der Waals surface area (Å²) in [5, 5.41) is 10.0. The molecule has 1 aromatic carbocycles. The van der Waals surface area contributed by atoms with Crippen molar-refractivity contribution in [1.82, 2.24) is 0 Å². The number of nitrogens with two attached hydrogens (primary N) is 2. The van der Waals surface area contributed by atoms with E-state index in [0.717, 1.165) is 5.56 Å². The first-order valence-electron chi connectivity index (χ1n) is 5.65. The molecule has 1 atom stereocenters. The Labute approximate surface area is 107 Å². The number of aromatic hydroxyl groups is 1. The number of carbonyl (C=O) groups is 1. The van der Waals surface area contributed by atoms with E-state index in [-0.39, 0.29) is 11.4 Å². The second-order valence-electron chi connectivity index (χ2n) is 4.92. The van der Waals surface area contributed by atoms with Crippen LogP contribution >= 0.6 is 0 Å². The van der Waals surface area contributed by atoms with E-state index < -0.39 is 17.4 Å². The van der Waals surface area contributed by atoms with Crippen molar-refractivity contribution in [2.45, 2.75) is 26.8 Å². The minimum absolute atomic E-state index is 0.0699. The number of benzene rings is 1. The van der Waals surface area contributed by atoms with Crippen LogP contribution in [0.3, 0.4) is 0 Å². The van der Waals surface area contributed by atoms with E-state index in [0.29, 0.717) is 5.56 Å². The van der Waals surface area contributed by atoms with E-state index in [1.165, 1.54) is 7.11 Å². The average Bonchev–Trinajstić information content (AvgIpc) is 2.33. The van der Waals surface area contributed by atoms with Gasteiger partial charge in [0.05, 0.1) is 18.2 Å². The standard InChI is InChI=1S/C13H20N2O3/c1-7-5-6-8(14)10(16)9(7)11(15)13(2,3)12(17)18-4/h5-6,11,16H,14-15H2,1-4H3/t11-/m0/s1. The lowest BCUT2D eigenvalue weighted by Crippen LogP contribution is -2.37. The van der Waals surface area contributed by atoms with E-state index in [9.17, 15) is 9.90 Å². The Bertz CT molecular complexity index is 470. The summed E-state index contributed by atoms with van der Waals surface area (Å²) in [5.74, 6) is -0.504. The summed E-state index contributed by atoms with van der Waals surface area (Å²) in [7, 11) is 1.31. The number of phenols is 1. The number of nitrogen functional groups attached to an aromatic ring is 1. The molecule has 5 heteroatoms. The summed E-state index contributed by atoms with van der Waals surface area (Å²) >= 11 is 0. The molecule has 0 aliphatic carbocycles. The number of rotatable bonds is 3. The zero-order chi connectivity index (χ0) is 14.1. The van der Waals surface area contributed by atoms with Gasteiger partial charge in [0.15, 0.2) is 0 Å². The maximum absolute atomic E-state index is 11.7. The van der Waals surface area contributed by atoms with Crippen molar-refractivity contribution in [3.05, 3.63) is 23.3 Å². The van der Waals surface area contributed by atoms with E-state index in [2.05, 4.69) is 0 Å². The van der Waals surface area contributed by atoms with Gasteiger partial charge in [0, 0.05) is 11.6 Å². The molecule has 0 amide bonds. The monoisotopic (exact) mass is 252 g/mol. The molecule has 0 fully saturated rings. The van der Waals surface area contributed by atoms with Gasteiger partial charge in [-0.2, -0.15) is 0 Å². The Kier molecular flexibility index (Phi) is 3.86. The van der Waals surface area contributed by atoms with Gasteiger partial charge in [-0.3, -0.25) is 4.79 Å². The lowest BCUT2D eigenvalue weighted by Gasteiger charge is -2.30. The molecule has 0 aliphatic rings. The molecule has 0 saturated heterocycles. The van der Waals surface area contributed by atoms with Crippen LogP contribution < -0.4 is 11.5 Å². The minimum Gasteiger partial charge on any atom is -0.505 e. The Hall–Kier alpha value is -1.75. The molecule has 0 saturated carbocycles. The molecule has 1 aromatic rings. The fourth-order valence-corrected chi connectivity index (χ4v) is 1.87. The molecule has 0 aromatic heterocycles. The summed E-state index contributed by atoms with van der Waals surface area (Å²) in [6.45, 7) is 5.15. The predicted octanol–water partition coefficient (Wildman–Crippen LogP) is 1.48. The van der Waals surface area contributed by atoms with Gasteiger partial charge < -0.3 is 21.3 Å². The highest BCUT2D eigenvalue weighted by molar-refractivity contribution is 5.77. The van der Waals surface area contributed by atoms with Gasteiger partial charge in [-0.15, -0.1) is 0 Å². The highest BCUT2D eigenvalue weighted by Crippen LogP contribution is 2.40. The Morgan fingerprint density at radius 1 is 1.44 bits per heavy atom. The topological polar surface area (TPSA) is 98.6 Å². The van der Waals surface area contributed by atoms with Crippen molar-refractivity contribution in [3.8, 4) is 5.75 Å². The molecule has 18 heavy (non-hydrogen) atoms. The van der Waals surface area contributed by atoms with Crippen LogP contribution in [0.5, 0.6) is 5.75 Å². The van der Waals surface area contributed by atoms with Gasteiger partial charge >= 0.3 is 5.97 Å². The Morgan fingerprint density at radius 3 is 2.50 bits per heavy atom. The highest BCUT2D eigenvalue weighted by atomic mass is 16.5. The van der Waals surface area contributed by atoms with Gasteiger partial charge in [0.2, 0.25) is 0 Å². The minimum atomic E-state index is -0.954. The predicted molar refractivity (Wildman–Crippen MR) is 70.0 cm³/mol. The Balaban J connectivity index is 3.31.